The van der Waals surface area contributed by atoms with E-state index in [1.54, 1.807) is 6.92 Å². The number of nitrogens with zero attached hydrogens (tertiary/aromatic N) is 2. The van der Waals surface area contributed by atoms with Crippen LogP contribution in [0.1, 0.15) is 49.1 Å². The smallest absolute Gasteiger partial charge is 0.315 e. The molecule has 0 saturated carbocycles. The number of aromatic nitrogens is 1. The van der Waals surface area contributed by atoms with Gasteiger partial charge in [-0.1, -0.05) is 30.7 Å². The summed E-state index contributed by atoms with van der Waals surface area (Å²) in [7, 11) is 0. The van der Waals surface area contributed by atoms with Gasteiger partial charge in [0.25, 0.3) is 0 Å². The molecule has 0 fully saturated rings. The van der Waals surface area contributed by atoms with Gasteiger partial charge < -0.3 is 10.5 Å². The van der Waals surface area contributed by atoms with Crippen LogP contribution >= 0.6 is 11.6 Å². The molecule has 0 bridgehead atoms. The Balaban J connectivity index is 2.29. The third-order valence-corrected chi connectivity index (χ3v) is 5.30. The van der Waals surface area contributed by atoms with Crippen molar-refractivity contribution in [1.29, 1.82) is 0 Å². The number of nitrogen functional groups attached to an aromatic ring is 1. The Kier molecular flexibility index (Phi) is 5.51. The first-order valence-corrected chi connectivity index (χ1v) is 9.52. The molecular formula is C21H24ClN3O2. The van der Waals surface area contributed by atoms with Gasteiger partial charge in [-0.25, -0.2) is 9.98 Å². The Bertz CT molecular complexity index is 924. The van der Waals surface area contributed by atoms with Gasteiger partial charge >= 0.3 is 5.97 Å². The fourth-order valence-electron chi connectivity index (χ4n) is 3.73. The number of nitrogens with two attached hydrogens (primary N) is 1. The molecule has 3 rings (SSSR count). The molecular weight excluding hydrogens is 362 g/mol. The molecule has 142 valence electrons. The molecule has 0 amide bonds. The molecule has 2 heterocycles. The minimum Gasteiger partial charge on any atom is -0.465 e. The molecule has 5 nitrogen and oxygen atoms in total. The monoisotopic (exact) mass is 385 g/mol. The van der Waals surface area contributed by atoms with Crippen LogP contribution in [0.3, 0.4) is 0 Å². The zero-order valence-electron chi connectivity index (χ0n) is 16.0. The molecule has 2 N–H and O–H groups in total. The molecule has 2 aromatic rings. The molecule has 2 atom stereocenters. The van der Waals surface area contributed by atoms with E-state index in [1.807, 2.05) is 45.0 Å². The highest BCUT2D eigenvalue weighted by atomic mass is 35.5. The number of aryl methyl sites for hydroxylation is 1. The predicted octanol–water partition coefficient (Wildman–Crippen LogP) is 4.61. The molecule has 1 aromatic carbocycles. The molecule has 0 radical (unpaired) electrons. The summed E-state index contributed by atoms with van der Waals surface area (Å²) in [5, 5.41) is 0.602. The lowest BCUT2D eigenvalue weighted by Gasteiger charge is -2.32. The Morgan fingerprint density at radius 1 is 1.30 bits per heavy atom. The van der Waals surface area contributed by atoms with Crippen molar-refractivity contribution in [3.8, 4) is 0 Å². The average Bonchev–Trinajstić information content (AvgIpc) is 2.63. The predicted molar refractivity (Wildman–Crippen MR) is 109 cm³/mol. The lowest BCUT2D eigenvalue weighted by atomic mass is 9.75. The Morgan fingerprint density at radius 2 is 2.04 bits per heavy atom. The molecule has 1 aliphatic heterocycles. The number of benzene rings is 1. The lowest BCUT2D eigenvalue weighted by Crippen LogP contribution is -2.34. The largest absolute Gasteiger partial charge is 0.465 e. The molecule has 1 aliphatic rings. The van der Waals surface area contributed by atoms with Gasteiger partial charge in [0.15, 0.2) is 5.82 Å². The van der Waals surface area contributed by atoms with Crippen molar-refractivity contribution in [1.82, 2.24) is 4.98 Å². The Hall–Kier alpha value is -2.40. The van der Waals surface area contributed by atoms with Gasteiger partial charge in [-0.05, 0) is 50.5 Å². The molecule has 6 heteroatoms. The first-order valence-electron chi connectivity index (χ1n) is 9.15. The summed E-state index contributed by atoms with van der Waals surface area (Å²) in [5.74, 6) is -0.636. The zero-order chi connectivity index (χ0) is 19.7. The summed E-state index contributed by atoms with van der Waals surface area (Å²) >= 11 is 6.24. The quantitative estimate of drug-likeness (QED) is 0.780. The number of fused-ring (bicyclic) bond motifs is 1. The second-order valence-electron chi connectivity index (χ2n) is 6.70. The molecule has 0 saturated heterocycles. The van der Waals surface area contributed by atoms with Crippen LogP contribution in [0.2, 0.25) is 5.02 Å². The maximum Gasteiger partial charge on any atom is 0.315 e. The maximum atomic E-state index is 12.8. The van der Waals surface area contributed by atoms with Crippen molar-refractivity contribution in [2.75, 3.05) is 12.3 Å². The van der Waals surface area contributed by atoms with Crippen molar-refractivity contribution in [2.45, 2.75) is 40.0 Å². The van der Waals surface area contributed by atoms with E-state index >= 15 is 0 Å². The zero-order valence-corrected chi connectivity index (χ0v) is 16.8. The van der Waals surface area contributed by atoms with Gasteiger partial charge in [0, 0.05) is 33.6 Å². The third-order valence-electron chi connectivity index (χ3n) is 5.07. The number of aliphatic imine (C=N–C) groups is 1. The van der Waals surface area contributed by atoms with E-state index < -0.39 is 5.92 Å². The summed E-state index contributed by atoms with van der Waals surface area (Å²) < 4.78 is 5.35. The average molecular weight is 386 g/mol. The first kappa shape index (κ1) is 19.4. The first-order chi connectivity index (χ1) is 12.9. The molecule has 0 aliphatic carbocycles. The number of carbonyl (C=O) groups excluding carboxylic acids is 1. The molecule has 2 unspecified atom stereocenters. The SMILES string of the molecule is CCOC(=O)C1C(C)=Nc2nc(CC)c(C)c(N)c2C1c1cccc(Cl)c1. The van der Waals surface area contributed by atoms with Crippen LogP contribution in [0.25, 0.3) is 0 Å². The third kappa shape index (κ3) is 3.44. The van der Waals surface area contributed by atoms with Crippen molar-refractivity contribution >= 4 is 34.8 Å². The maximum absolute atomic E-state index is 12.8. The van der Waals surface area contributed by atoms with Crippen LogP contribution in [0, 0.1) is 12.8 Å². The fourth-order valence-corrected chi connectivity index (χ4v) is 3.93. The summed E-state index contributed by atoms with van der Waals surface area (Å²) in [4.78, 5) is 22.2. The molecule has 27 heavy (non-hydrogen) atoms. The minimum absolute atomic E-state index is 0.305. The van der Waals surface area contributed by atoms with Gasteiger partial charge in [-0.15, -0.1) is 0 Å². The standard InChI is InChI=1S/C21H24ClN3O2/c1-5-15-11(3)19(23)18-17(13-8-7-9-14(22)10-13)16(21(26)27-6-2)12(4)24-20(18)25-15/h7-10,16-17H,5-6H2,1-4H3,(H2,23,25). The van der Waals surface area contributed by atoms with Crippen LogP contribution in [0.5, 0.6) is 0 Å². The molecule has 0 spiro atoms. The van der Waals surface area contributed by atoms with E-state index in [4.69, 9.17) is 27.1 Å². The van der Waals surface area contributed by atoms with Gasteiger partial charge in [0.1, 0.15) is 5.92 Å². The van der Waals surface area contributed by atoms with Crippen molar-refractivity contribution < 1.29 is 9.53 Å². The topological polar surface area (TPSA) is 77.6 Å². The van der Waals surface area contributed by atoms with Crippen LogP contribution < -0.4 is 5.73 Å². The van der Waals surface area contributed by atoms with E-state index in [9.17, 15) is 4.79 Å². The van der Waals surface area contributed by atoms with E-state index in [2.05, 4.69) is 4.99 Å². The van der Waals surface area contributed by atoms with E-state index in [0.29, 0.717) is 28.8 Å². The van der Waals surface area contributed by atoms with Crippen LogP contribution in [-0.2, 0) is 16.0 Å². The van der Waals surface area contributed by atoms with Gasteiger partial charge in [0.05, 0.1) is 6.61 Å². The highest BCUT2D eigenvalue weighted by Gasteiger charge is 2.41. The van der Waals surface area contributed by atoms with E-state index in [-0.39, 0.29) is 11.9 Å². The number of pyridine rings is 1. The van der Waals surface area contributed by atoms with Crippen molar-refractivity contribution in [3.05, 3.63) is 51.7 Å². The number of esters is 1. The number of hydrogen-bond acceptors (Lipinski definition) is 5. The van der Waals surface area contributed by atoms with Gasteiger partial charge in [-0.3, -0.25) is 4.79 Å². The van der Waals surface area contributed by atoms with Crippen LogP contribution in [0.4, 0.5) is 11.5 Å². The number of rotatable bonds is 4. The number of halogens is 1. The number of carbonyl (C=O) groups is 1. The minimum atomic E-state index is -0.563. The number of ether oxygens (including phenoxy) is 1. The van der Waals surface area contributed by atoms with Crippen molar-refractivity contribution in [2.24, 2.45) is 10.9 Å². The lowest BCUT2D eigenvalue weighted by molar-refractivity contribution is -0.146. The van der Waals surface area contributed by atoms with Crippen LogP contribution in [0.15, 0.2) is 29.3 Å². The highest BCUT2D eigenvalue weighted by Crippen LogP contribution is 2.46. The number of hydrogen-bond donors (Lipinski definition) is 1. The fraction of sp³-hybridized carbons (Fsp3) is 0.381. The summed E-state index contributed by atoms with van der Waals surface area (Å²) in [5.41, 5.74) is 11.4. The second kappa shape index (κ2) is 7.69. The van der Waals surface area contributed by atoms with E-state index in [1.165, 1.54) is 0 Å². The molecule has 1 aromatic heterocycles. The van der Waals surface area contributed by atoms with Crippen molar-refractivity contribution in [3.63, 3.8) is 0 Å². The highest BCUT2D eigenvalue weighted by molar-refractivity contribution is 6.30. The van der Waals surface area contributed by atoms with E-state index in [0.717, 1.165) is 28.8 Å². The summed E-state index contributed by atoms with van der Waals surface area (Å²) in [6.07, 6.45) is 0.765. The summed E-state index contributed by atoms with van der Waals surface area (Å²) in [6.45, 7) is 7.94. The van der Waals surface area contributed by atoms with Gasteiger partial charge in [0.2, 0.25) is 0 Å². The second-order valence-corrected chi connectivity index (χ2v) is 7.14. The normalized spacial score (nSPS) is 18.6. The van der Waals surface area contributed by atoms with Crippen LogP contribution in [-0.4, -0.2) is 23.3 Å². The number of anilines is 1. The Morgan fingerprint density at radius 3 is 2.67 bits per heavy atom. The summed E-state index contributed by atoms with van der Waals surface area (Å²) in [6, 6.07) is 7.50. The Labute approximate surface area is 164 Å². The van der Waals surface area contributed by atoms with Gasteiger partial charge in [-0.2, -0.15) is 0 Å².